The van der Waals surface area contributed by atoms with Gasteiger partial charge in [0.05, 0.1) is 0 Å². The molecule has 0 saturated carbocycles. The van der Waals surface area contributed by atoms with Gasteiger partial charge in [-0.2, -0.15) is 0 Å². The molecule has 0 heterocycles. The summed E-state index contributed by atoms with van der Waals surface area (Å²) < 4.78 is 1.74. The molecule has 14 heavy (non-hydrogen) atoms. The molecular weight excluding hydrogens is 312 g/mol. The molecule has 3 nitrogen and oxygen atoms in total. The molecule has 0 aliphatic rings. The minimum atomic E-state index is -0.128. The van der Waals surface area contributed by atoms with Gasteiger partial charge in [0.15, 0.2) is 0 Å². The second-order valence-electron chi connectivity index (χ2n) is 2.99. The van der Waals surface area contributed by atoms with Gasteiger partial charge in [-0.25, -0.2) is 5.01 Å². The van der Waals surface area contributed by atoms with Gasteiger partial charge >= 0.3 is 0 Å². The molecule has 0 radical (unpaired) electrons. The number of rotatable bonds is 2. The van der Waals surface area contributed by atoms with Crippen molar-refractivity contribution in [1.29, 1.82) is 0 Å². The Morgan fingerprint density at radius 3 is 2.14 bits per heavy atom. The van der Waals surface area contributed by atoms with Crippen molar-refractivity contribution < 1.29 is 4.79 Å². The molecule has 0 bridgehead atoms. The van der Waals surface area contributed by atoms with Crippen molar-refractivity contribution in [3.05, 3.63) is 32.7 Å². The largest absolute Gasteiger partial charge is 0.285 e. The molecule has 0 unspecified atom stereocenters. The van der Waals surface area contributed by atoms with Crippen LogP contribution < -0.4 is 5.43 Å². The van der Waals surface area contributed by atoms with E-state index in [1.807, 2.05) is 6.07 Å². The van der Waals surface area contributed by atoms with Crippen LogP contribution in [0.5, 0.6) is 0 Å². The molecule has 0 spiro atoms. The van der Waals surface area contributed by atoms with Gasteiger partial charge in [0.2, 0.25) is 0 Å². The zero-order valence-electron chi connectivity index (χ0n) is 7.84. The van der Waals surface area contributed by atoms with Crippen LogP contribution in [0.2, 0.25) is 0 Å². The lowest BCUT2D eigenvalue weighted by molar-refractivity contribution is 0.0857. The smallest absolute Gasteiger partial charge is 0.265 e. The predicted octanol–water partition coefficient (Wildman–Crippen LogP) is 2.42. The Morgan fingerprint density at radius 2 is 1.71 bits per heavy atom. The van der Waals surface area contributed by atoms with Gasteiger partial charge < -0.3 is 0 Å². The summed E-state index contributed by atoms with van der Waals surface area (Å²) in [4.78, 5) is 11.6. The zero-order valence-corrected chi connectivity index (χ0v) is 11.0. The number of hydrazine groups is 1. The molecule has 5 heteroatoms. The van der Waals surface area contributed by atoms with E-state index < -0.39 is 0 Å². The molecular formula is C9H10Br2N2O. The molecule has 0 aromatic heterocycles. The minimum absolute atomic E-state index is 0.128. The first-order valence-electron chi connectivity index (χ1n) is 3.93. The molecule has 1 amide bonds. The van der Waals surface area contributed by atoms with Crippen LogP contribution in [0.3, 0.4) is 0 Å². The summed E-state index contributed by atoms with van der Waals surface area (Å²) in [5.41, 5.74) is 3.28. The molecule has 1 rings (SSSR count). The molecule has 0 atom stereocenters. The van der Waals surface area contributed by atoms with Crippen LogP contribution in [0.15, 0.2) is 27.1 Å². The molecule has 76 valence electrons. The Kier molecular flexibility index (Phi) is 4.10. The molecule has 0 aliphatic heterocycles. The minimum Gasteiger partial charge on any atom is -0.285 e. The first-order chi connectivity index (χ1) is 6.49. The van der Waals surface area contributed by atoms with Crippen molar-refractivity contribution in [3.63, 3.8) is 0 Å². The number of hydrogen-bond acceptors (Lipinski definition) is 2. The number of nitrogens with zero attached hydrogens (tertiary/aromatic N) is 1. The third kappa shape index (κ3) is 3.40. The van der Waals surface area contributed by atoms with Gasteiger partial charge in [0, 0.05) is 28.6 Å². The van der Waals surface area contributed by atoms with Crippen LogP contribution in [0.4, 0.5) is 0 Å². The van der Waals surface area contributed by atoms with E-state index in [9.17, 15) is 4.79 Å². The fourth-order valence-electron chi connectivity index (χ4n) is 0.953. The summed E-state index contributed by atoms with van der Waals surface area (Å²) in [5.74, 6) is -0.128. The summed E-state index contributed by atoms with van der Waals surface area (Å²) in [6.45, 7) is 0. The maximum Gasteiger partial charge on any atom is 0.265 e. The van der Waals surface area contributed by atoms with Gasteiger partial charge in [-0.15, -0.1) is 0 Å². The number of carbonyl (C=O) groups excluding carboxylic acids is 1. The van der Waals surface area contributed by atoms with E-state index in [0.29, 0.717) is 5.56 Å². The van der Waals surface area contributed by atoms with Crippen LogP contribution >= 0.6 is 31.9 Å². The Labute approximate surface area is 99.7 Å². The molecule has 0 aliphatic carbocycles. The van der Waals surface area contributed by atoms with E-state index in [1.165, 1.54) is 0 Å². The van der Waals surface area contributed by atoms with Gasteiger partial charge in [-0.3, -0.25) is 10.2 Å². The predicted molar refractivity (Wildman–Crippen MR) is 63.0 cm³/mol. The van der Waals surface area contributed by atoms with Crippen molar-refractivity contribution in [1.82, 2.24) is 10.4 Å². The third-order valence-electron chi connectivity index (χ3n) is 1.45. The van der Waals surface area contributed by atoms with Crippen molar-refractivity contribution in [2.75, 3.05) is 14.1 Å². The van der Waals surface area contributed by atoms with Crippen molar-refractivity contribution in [2.24, 2.45) is 0 Å². The van der Waals surface area contributed by atoms with E-state index in [0.717, 1.165) is 8.95 Å². The maximum atomic E-state index is 11.6. The zero-order chi connectivity index (χ0) is 10.7. The Bertz CT molecular complexity index is 332. The highest BCUT2D eigenvalue weighted by atomic mass is 79.9. The highest BCUT2D eigenvalue weighted by Gasteiger charge is 2.07. The Morgan fingerprint density at radius 1 is 1.21 bits per heavy atom. The number of nitrogens with one attached hydrogen (secondary N) is 1. The summed E-state index contributed by atoms with van der Waals surface area (Å²) in [5, 5.41) is 1.61. The molecule has 1 aromatic carbocycles. The molecule has 1 N–H and O–H groups in total. The van der Waals surface area contributed by atoms with Gasteiger partial charge in [0.1, 0.15) is 0 Å². The van der Waals surface area contributed by atoms with E-state index in [-0.39, 0.29) is 5.91 Å². The topological polar surface area (TPSA) is 32.3 Å². The molecule has 0 fully saturated rings. The average Bonchev–Trinajstić information content (AvgIpc) is 2.00. The lowest BCUT2D eigenvalue weighted by Gasteiger charge is -2.11. The summed E-state index contributed by atoms with van der Waals surface area (Å²) in [6, 6.07) is 5.42. The SMILES string of the molecule is CN(C)NC(=O)c1cc(Br)cc(Br)c1. The van der Waals surface area contributed by atoms with Crippen LogP contribution in [-0.2, 0) is 0 Å². The van der Waals surface area contributed by atoms with Crippen LogP contribution in [-0.4, -0.2) is 25.0 Å². The normalized spacial score (nSPS) is 10.4. The third-order valence-corrected chi connectivity index (χ3v) is 2.37. The highest BCUT2D eigenvalue weighted by molar-refractivity contribution is 9.11. The van der Waals surface area contributed by atoms with E-state index >= 15 is 0 Å². The first kappa shape index (κ1) is 11.7. The number of amides is 1. The lowest BCUT2D eigenvalue weighted by Crippen LogP contribution is -2.36. The van der Waals surface area contributed by atoms with Crippen molar-refractivity contribution in [2.45, 2.75) is 0 Å². The van der Waals surface area contributed by atoms with Crippen LogP contribution in [0.1, 0.15) is 10.4 Å². The number of carbonyl (C=O) groups is 1. The monoisotopic (exact) mass is 320 g/mol. The second kappa shape index (κ2) is 4.91. The molecule has 1 aromatic rings. The van der Waals surface area contributed by atoms with Gasteiger partial charge in [0.25, 0.3) is 5.91 Å². The van der Waals surface area contributed by atoms with Crippen LogP contribution in [0.25, 0.3) is 0 Å². The van der Waals surface area contributed by atoms with Gasteiger partial charge in [-0.1, -0.05) is 31.9 Å². The second-order valence-corrected chi connectivity index (χ2v) is 4.82. The molecule has 0 saturated heterocycles. The number of halogens is 2. The van der Waals surface area contributed by atoms with E-state index in [2.05, 4.69) is 37.3 Å². The number of benzene rings is 1. The highest BCUT2D eigenvalue weighted by Crippen LogP contribution is 2.19. The fraction of sp³-hybridized carbons (Fsp3) is 0.222. The van der Waals surface area contributed by atoms with E-state index in [4.69, 9.17) is 0 Å². The lowest BCUT2D eigenvalue weighted by atomic mass is 10.2. The van der Waals surface area contributed by atoms with Crippen LogP contribution in [0, 0.1) is 0 Å². The maximum absolute atomic E-state index is 11.6. The first-order valence-corrected chi connectivity index (χ1v) is 5.52. The van der Waals surface area contributed by atoms with Crippen molar-refractivity contribution >= 4 is 37.8 Å². The Balaban J connectivity index is 2.90. The standard InChI is InChI=1S/C9H10Br2N2O/c1-13(2)12-9(14)6-3-7(10)5-8(11)4-6/h3-5H,1-2H3,(H,12,14). The Hall–Kier alpha value is -0.390. The van der Waals surface area contributed by atoms with E-state index in [1.54, 1.807) is 31.2 Å². The summed E-state index contributed by atoms with van der Waals surface area (Å²) >= 11 is 6.65. The van der Waals surface area contributed by atoms with Crippen molar-refractivity contribution in [3.8, 4) is 0 Å². The summed E-state index contributed by atoms with van der Waals surface area (Å²) in [6.07, 6.45) is 0. The summed E-state index contributed by atoms with van der Waals surface area (Å²) in [7, 11) is 3.54. The van der Waals surface area contributed by atoms with Gasteiger partial charge in [-0.05, 0) is 18.2 Å². The fourth-order valence-corrected chi connectivity index (χ4v) is 2.25. The average molecular weight is 322 g/mol. The number of hydrogen-bond donors (Lipinski definition) is 1. The quantitative estimate of drug-likeness (QED) is 0.848.